The molecule has 1 aromatic rings. The second-order valence-corrected chi connectivity index (χ2v) is 6.02. The van der Waals surface area contributed by atoms with Gasteiger partial charge in [-0.05, 0) is 49.6 Å². The minimum absolute atomic E-state index is 0.356. The van der Waals surface area contributed by atoms with Crippen LogP contribution in [0, 0.1) is 0 Å². The predicted octanol–water partition coefficient (Wildman–Crippen LogP) is 4.45. The first-order valence-corrected chi connectivity index (χ1v) is 7.53. The SMILES string of the molecule is CC(C)NCc1cc(Br)c(OCCCF)c(Br)c1. The number of nitrogens with one attached hydrogen (secondary N) is 1. The van der Waals surface area contributed by atoms with E-state index in [4.69, 9.17) is 4.74 Å². The lowest BCUT2D eigenvalue weighted by atomic mass is 10.2. The zero-order valence-corrected chi connectivity index (χ0v) is 13.8. The normalized spacial score (nSPS) is 11.0. The van der Waals surface area contributed by atoms with Gasteiger partial charge in [-0.2, -0.15) is 0 Å². The van der Waals surface area contributed by atoms with Gasteiger partial charge in [0, 0.05) is 19.0 Å². The summed E-state index contributed by atoms with van der Waals surface area (Å²) in [6.45, 7) is 5.06. The summed E-state index contributed by atoms with van der Waals surface area (Å²) >= 11 is 6.96. The highest BCUT2D eigenvalue weighted by Crippen LogP contribution is 2.34. The molecule has 0 unspecified atom stereocenters. The molecule has 0 aromatic heterocycles. The van der Waals surface area contributed by atoms with Gasteiger partial charge in [-0.15, -0.1) is 0 Å². The van der Waals surface area contributed by atoms with Crippen LogP contribution in [0.5, 0.6) is 5.75 Å². The summed E-state index contributed by atoms with van der Waals surface area (Å²) in [6.07, 6.45) is 0.412. The van der Waals surface area contributed by atoms with Crippen molar-refractivity contribution in [1.82, 2.24) is 5.32 Å². The van der Waals surface area contributed by atoms with Gasteiger partial charge in [0.1, 0.15) is 5.75 Å². The molecule has 5 heteroatoms. The fraction of sp³-hybridized carbons (Fsp3) is 0.538. The fourth-order valence-electron chi connectivity index (χ4n) is 1.40. The molecular weight excluding hydrogens is 365 g/mol. The Bertz CT molecular complexity index is 362. The highest BCUT2D eigenvalue weighted by Gasteiger charge is 2.09. The molecule has 0 saturated heterocycles. The number of hydrogen-bond acceptors (Lipinski definition) is 2. The predicted molar refractivity (Wildman–Crippen MR) is 79.9 cm³/mol. The molecule has 1 rings (SSSR count). The molecule has 102 valence electrons. The van der Waals surface area contributed by atoms with E-state index >= 15 is 0 Å². The highest BCUT2D eigenvalue weighted by atomic mass is 79.9. The van der Waals surface area contributed by atoms with Gasteiger partial charge in [-0.1, -0.05) is 13.8 Å². The van der Waals surface area contributed by atoms with Gasteiger partial charge >= 0.3 is 0 Å². The Labute approximate surface area is 125 Å². The van der Waals surface area contributed by atoms with Crippen molar-refractivity contribution in [3.05, 3.63) is 26.6 Å². The lowest BCUT2D eigenvalue weighted by Crippen LogP contribution is -2.21. The van der Waals surface area contributed by atoms with Crippen LogP contribution in [0.4, 0.5) is 4.39 Å². The Morgan fingerprint density at radius 1 is 1.28 bits per heavy atom. The van der Waals surface area contributed by atoms with Crippen molar-refractivity contribution in [2.75, 3.05) is 13.3 Å². The number of alkyl halides is 1. The van der Waals surface area contributed by atoms with Crippen LogP contribution in [-0.2, 0) is 6.54 Å². The molecule has 0 saturated carbocycles. The van der Waals surface area contributed by atoms with Gasteiger partial charge in [-0.25, -0.2) is 0 Å². The molecule has 0 heterocycles. The van der Waals surface area contributed by atoms with Gasteiger partial charge in [-0.3, -0.25) is 4.39 Å². The molecule has 1 N–H and O–H groups in total. The van der Waals surface area contributed by atoms with E-state index in [1.54, 1.807) is 0 Å². The van der Waals surface area contributed by atoms with Crippen LogP contribution in [0.3, 0.4) is 0 Å². The number of halogens is 3. The van der Waals surface area contributed by atoms with Crippen molar-refractivity contribution in [2.24, 2.45) is 0 Å². The summed E-state index contributed by atoms with van der Waals surface area (Å²) in [4.78, 5) is 0. The molecule has 0 spiro atoms. The Morgan fingerprint density at radius 3 is 2.39 bits per heavy atom. The van der Waals surface area contributed by atoms with Crippen molar-refractivity contribution in [3.63, 3.8) is 0 Å². The largest absolute Gasteiger partial charge is 0.491 e. The van der Waals surface area contributed by atoms with Crippen molar-refractivity contribution < 1.29 is 9.13 Å². The van der Waals surface area contributed by atoms with E-state index in [2.05, 4.69) is 51.0 Å². The quantitative estimate of drug-likeness (QED) is 0.703. The molecule has 0 fully saturated rings. The molecule has 0 aliphatic heterocycles. The summed E-state index contributed by atoms with van der Waals surface area (Å²) in [5.41, 5.74) is 1.17. The molecular formula is C13H18Br2FNO. The van der Waals surface area contributed by atoms with Crippen LogP contribution in [0.2, 0.25) is 0 Å². The smallest absolute Gasteiger partial charge is 0.147 e. The van der Waals surface area contributed by atoms with E-state index in [-0.39, 0.29) is 6.67 Å². The van der Waals surface area contributed by atoms with Crippen LogP contribution < -0.4 is 10.1 Å². The molecule has 0 radical (unpaired) electrons. The molecule has 18 heavy (non-hydrogen) atoms. The first kappa shape index (κ1) is 15.9. The second-order valence-electron chi connectivity index (χ2n) is 4.32. The number of ether oxygens (including phenoxy) is 1. The third-order valence-corrected chi connectivity index (χ3v) is 3.47. The van der Waals surface area contributed by atoms with Crippen molar-refractivity contribution >= 4 is 31.9 Å². The summed E-state index contributed by atoms with van der Waals surface area (Å²) in [5.74, 6) is 0.733. The first-order valence-electron chi connectivity index (χ1n) is 5.94. The maximum absolute atomic E-state index is 12.0. The molecule has 0 amide bonds. The van der Waals surface area contributed by atoms with Gasteiger partial charge in [0.2, 0.25) is 0 Å². The van der Waals surface area contributed by atoms with Crippen molar-refractivity contribution in [3.8, 4) is 5.75 Å². The van der Waals surface area contributed by atoms with Crippen molar-refractivity contribution in [2.45, 2.75) is 32.9 Å². The minimum Gasteiger partial charge on any atom is -0.491 e. The molecule has 1 aromatic carbocycles. The molecule has 2 nitrogen and oxygen atoms in total. The molecule has 0 atom stereocenters. The number of benzene rings is 1. The first-order chi connectivity index (χ1) is 8.54. The van der Waals surface area contributed by atoms with Gasteiger partial charge in [0.15, 0.2) is 0 Å². The van der Waals surface area contributed by atoms with E-state index in [0.29, 0.717) is 19.1 Å². The van der Waals surface area contributed by atoms with Crippen LogP contribution in [0.15, 0.2) is 21.1 Å². The standard InChI is InChI=1S/C13H18Br2FNO/c1-9(2)17-8-10-6-11(14)13(12(15)7-10)18-5-3-4-16/h6-7,9,17H,3-5,8H2,1-2H3. The maximum atomic E-state index is 12.0. The highest BCUT2D eigenvalue weighted by molar-refractivity contribution is 9.11. The molecule has 0 aliphatic rings. The number of hydrogen-bond donors (Lipinski definition) is 1. The maximum Gasteiger partial charge on any atom is 0.147 e. The average molecular weight is 383 g/mol. The van der Waals surface area contributed by atoms with E-state index in [9.17, 15) is 4.39 Å². The second kappa shape index (κ2) is 8.12. The van der Waals surface area contributed by atoms with Gasteiger partial charge < -0.3 is 10.1 Å². The fourth-order valence-corrected chi connectivity index (χ4v) is 2.91. The molecule has 0 bridgehead atoms. The van der Waals surface area contributed by atoms with E-state index < -0.39 is 0 Å². The zero-order chi connectivity index (χ0) is 13.5. The monoisotopic (exact) mass is 381 g/mol. The summed E-state index contributed by atoms with van der Waals surface area (Å²) in [7, 11) is 0. The molecule has 0 aliphatic carbocycles. The third kappa shape index (κ3) is 5.24. The Balaban J connectivity index is 2.71. The van der Waals surface area contributed by atoms with Gasteiger partial charge in [0.05, 0.1) is 22.2 Å². The summed E-state index contributed by atoms with van der Waals surface area (Å²) in [5, 5.41) is 3.36. The lowest BCUT2D eigenvalue weighted by molar-refractivity contribution is 0.286. The Morgan fingerprint density at radius 2 is 1.89 bits per heavy atom. The topological polar surface area (TPSA) is 21.3 Å². The van der Waals surface area contributed by atoms with Crippen LogP contribution >= 0.6 is 31.9 Å². The van der Waals surface area contributed by atoms with Crippen LogP contribution in [0.1, 0.15) is 25.8 Å². The summed E-state index contributed by atoms with van der Waals surface area (Å²) < 4.78 is 19.3. The van der Waals surface area contributed by atoms with E-state index in [1.807, 2.05) is 12.1 Å². The number of rotatable bonds is 7. The summed E-state index contributed by atoms with van der Waals surface area (Å²) in [6, 6.07) is 4.48. The van der Waals surface area contributed by atoms with Gasteiger partial charge in [0.25, 0.3) is 0 Å². The Kier molecular flexibility index (Phi) is 7.19. The lowest BCUT2D eigenvalue weighted by Gasteiger charge is -2.13. The average Bonchev–Trinajstić information content (AvgIpc) is 2.30. The Hall–Kier alpha value is -0.130. The minimum atomic E-state index is -0.356. The van der Waals surface area contributed by atoms with E-state index in [0.717, 1.165) is 21.2 Å². The van der Waals surface area contributed by atoms with E-state index in [1.165, 1.54) is 5.56 Å². The van der Waals surface area contributed by atoms with Crippen LogP contribution in [-0.4, -0.2) is 19.3 Å². The van der Waals surface area contributed by atoms with Crippen LogP contribution in [0.25, 0.3) is 0 Å². The van der Waals surface area contributed by atoms with Crippen molar-refractivity contribution in [1.29, 1.82) is 0 Å². The zero-order valence-electron chi connectivity index (χ0n) is 10.6. The third-order valence-electron chi connectivity index (χ3n) is 2.30.